The van der Waals surface area contributed by atoms with Crippen molar-refractivity contribution in [3.05, 3.63) is 0 Å². The van der Waals surface area contributed by atoms with Crippen LogP contribution in [-0.2, 0) is 4.43 Å². The van der Waals surface area contributed by atoms with Crippen LogP contribution in [0.15, 0.2) is 0 Å². The molecular formula is C4H12O5Si. The smallest absolute Gasteiger partial charge is 0.394 e. The zero-order valence-corrected chi connectivity index (χ0v) is 6.69. The lowest BCUT2D eigenvalue weighted by molar-refractivity contribution is 0.0287. The Morgan fingerprint density at radius 1 is 1.50 bits per heavy atom. The number of hydrogen-bond acceptors (Lipinski definition) is 5. The Morgan fingerprint density at radius 2 is 2.00 bits per heavy atom. The summed E-state index contributed by atoms with van der Waals surface area (Å²) < 4.78 is 4.42. The molecule has 0 fully saturated rings. The quantitative estimate of drug-likeness (QED) is 0.361. The third-order valence-corrected chi connectivity index (χ3v) is 1.47. The summed E-state index contributed by atoms with van der Waals surface area (Å²) in [6, 6.07) is 0. The second kappa shape index (κ2) is 4.01. The zero-order chi connectivity index (χ0) is 8.20. The van der Waals surface area contributed by atoms with E-state index >= 15 is 0 Å². The maximum Gasteiger partial charge on any atom is 0.492 e. The van der Waals surface area contributed by atoms with Crippen molar-refractivity contribution in [3.63, 3.8) is 0 Å². The van der Waals surface area contributed by atoms with E-state index in [0.29, 0.717) is 0 Å². The van der Waals surface area contributed by atoms with Crippen LogP contribution in [0.25, 0.3) is 0 Å². The lowest BCUT2D eigenvalue weighted by Gasteiger charge is -2.14. The summed E-state index contributed by atoms with van der Waals surface area (Å²) >= 11 is 0. The topological polar surface area (TPSA) is 90.2 Å². The average molecular weight is 168 g/mol. The Hall–Kier alpha value is 0.0169. The minimum Gasteiger partial charge on any atom is -0.394 e. The summed E-state index contributed by atoms with van der Waals surface area (Å²) in [6.45, 7) is 0.466. The molecule has 0 radical (unpaired) electrons. The van der Waals surface area contributed by atoms with E-state index in [9.17, 15) is 0 Å². The van der Waals surface area contributed by atoms with E-state index in [4.69, 9.17) is 19.8 Å². The fourth-order valence-electron chi connectivity index (χ4n) is 0.307. The van der Waals surface area contributed by atoms with Crippen LogP contribution in [0.3, 0.4) is 0 Å². The Labute approximate surface area is 59.9 Å². The monoisotopic (exact) mass is 168 g/mol. The van der Waals surface area contributed by atoms with E-state index in [2.05, 4.69) is 4.43 Å². The predicted molar refractivity (Wildman–Crippen MR) is 35.1 cm³/mol. The molecular weight excluding hydrogens is 156 g/mol. The van der Waals surface area contributed by atoms with Crippen molar-refractivity contribution < 1.29 is 24.2 Å². The van der Waals surface area contributed by atoms with E-state index in [0.717, 1.165) is 6.55 Å². The van der Waals surface area contributed by atoms with Crippen molar-refractivity contribution in [1.82, 2.24) is 0 Å². The molecule has 0 aromatic rings. The maximum atomic E-state index is 8.65. The number of rotatable bonds is 4. The van der Waals surface area contributed by atoms with E-state index in [-0.39, 0.29) is 6.61 Å². The maximum absolute atomic E-state index is 8.65. The fraction of sp³-hybridized carbons (Fsp3) is 1.00. The van der Waals surface area contributed by atoms with Crippen molar-refractivity contribution >= 4 is 8.80 Å². The van der Waals surface area contributed by atoms with Crippen LogP contribution in [0.5, 0.6) is 0 Å². The van der Waals surface area contributed by atoms with Gasteiger partial charge in [-0.3, -0.25) is 0 Å². The first-order valence-electron chi connectivity index (χ1n) is 2.83. The van der Waals surface area contributed by atoms with Crippen molar-refractivity contribution in [2.45, 2.75) is 12.7 Å². The molecule has 0 saturated heterocycles. The normalized spacial score (nSPS) is 15.3. The second-order valence-corrected chi connectivity index (χ2v) is 4.24. The lowest BCUT2D eigenvalue weighted by Crippen LogP contribution is -2.38. The van der Waals surface area contributed by atoms with E-state index in [1.165, 1.54) is 0 Å². The van der Waals surface area contributed by atoms with Gasteiger partial charge in [0, 0.05) is 6.55 Å². The third-order valence-electron chi connectivity index (χ3n) is 0.760. The van der Waals surface area contributed by atoms with Crippen LogP contribution in [-0.4, -0.2) is 47.9 Å². The first kappa shape index (κ1) is 10.0. The van der Waals surface area contributed by atoms with Crippen LogP contribution in [0.1, 0.15) is 0 Å². The lowest BCUT2D eigenvalue weighted by atomic mass is 10.4. The van der Waals surface area contributed by atoms with Gasteiger partial charge in [-0.2, -0.15) is 0 Å². The fourth-order valence-corrected chi connectivity index (χ4v) is 0.815. The van der Waals surface area contributed by atoms with Gasteiger partial charge in [0.05, 0.1) is 19.3 Å². The Bertz CT molecular complexity index is 90.1. The van der Waals surface area contributed by atoms with Crippen molar-refractivity contribution in [3.8, 4) is 0 Å². The highest BCUT2D eigenvalue weighted by atomic mass is 28.4. The van der Waals surface area contributed by atoms with Crippen LogP contribution < -0.4 is 0 Å². The van der Waals surface area contributed by atoms with Gasteiger partial charge in [0.25, 0.3) is 0 Å². The SMILES string of the molecule is C[Si](O)(O)OCC(O)CO. The number of hydrogen-bond donors (Lipinski definition) is 4. The molecule has 0 rings (SSSR count). The largest absolute Gasteiger partial charge is 0.492 e. The molecule has 10 heavy (non-hydrogen) atoms. The van der Waals surface area contributed by atoms with E-state index in [1.807, 2.05) is 0 Å². The van der Waals surface area contributed by atoms with E-state index in [1.54, 1.807) is 0 Å². The first-order valence-corrected chi connectivity index (χ1v) is 5.13. The molecule has 5 nitrogen and oxygen atoms in total. The summed E-state index contributed by atoms with van der Waals surface area (Å²) in [6.07, 6.45) is -1.04. The summed E-state index contributed by atoms with van der Waals surface area (Å²) in [7, 11) is -3.51. The highest BCUT2D eigenvalue weighted by Gasteiger charge is 2.24. The van der Waals surface area contributed by atoms with Crippen LogP contribution >= 0.6 is 0 Å². The molecule has 1 unspecified atom stereocenters. The number of aliphatic hydroxyl groups excluding tert-OH is 2. The Kier molecular flexibility index (Phi) is 4.02. The predicted octanol–water partition coefficient (Wildman–Crippen LogP) is -2.09. The average Bonchev–Trinajstić information content (AvgIpc) is 1.81. The van der Waals surface area contributed by atoms with Gasteiger partial charge in [-0.1, -0.05) is 0 Å². The van der Waals surface area contributed by atoms with Gasteiger partial charge in [0.2, 0.25) is 0 Å². The van der Waals surface area contributed by atoms with Gasteiger partial charge in [0.1, 0.15) is 0 Å². The highest BCUT2D eigenvalue weighted by Crippen LogP contribution is 1.94. The molecule has 0 heterocycles. The molecule has 0 aliphatic rings. The van der Waals surface area contributed by atoms with Crippen molar-refractivity contribution in [1.29, 1.82) is 0 Å². The summed E-state index contributed by atoms with van der Waals surface area (Å²) in [5.41, 5.74) is 0. The number of aliphatic hydroxyl groups is 2. The summed E-state index contributed by atoms with van der Waals surface area (Å²) in [4.78, 5) is 17.3. The van der Waals surface area contributed by atoms with Gasteiger partial charge in [0.15, 0.2) is 0 Å². The molecule has 1 atom stereocenters. The molecule has 0 aromatic carbocycles. The molecule has 0 aliphatic heterocycles. The van der Waals surface area contributed by atoms with Gasteiger partial charge in [-0.25, -0.2) is 0 Å². The second-order valence-electron chi connectivity index (χ2n) is 2.08. The van der Waals surface area contributed by atoms with Crippen LogP contribution in [0.4, 0.5) is 0 Å². The molecule has 0 saturated carbocycles. The molecule has 62 valence electrons. The Morgan fingerprint density at radius 3 is 2.30 bits per heavy atom. The molecule has 0 amide bonds. The van der Waals surface area contributed by atoms with Gasteiger partial charge >= 0.3 is 8.80 Å². The summed E-state index contributed by atoms with van der Waals surface area (Å²) in [5, 5.41) is 16.9. The Balaban J connectivity index is 3.36. The molecule has 0 aromatic heterocycles. The minimum absolute atomic E-state index is 0.244. The van der Waals surface area contributed by atoms with Gasteiger partial charge in [-0.05, 0) is 0 Å². The molecule has 0 aliphatic carbocycles. The molecule has 0 spiro atoms. The minimum atomic E-state index is -3.51. The first-order chi connectivity index (χ1) is 4.45. The van der Waals surface area contributed by atoms with Crippen molar-refractivity contribution in [2.24, 2.45) is 0 Å². The molecule has 4 N–H and O–H groups in total. The van der Waals surface area contributed by atoms with Crippen LogP contribution in [0, 0.1) is 0 Å². The highest BCUT2D eigenvalue weighted by molar-refractivity contribution is 6.56. The standard InChI is InChI=1S/C4H12O5Si/c1-10(7,8)9-3-4(6)2-5/h4-8H,2-3H2,1H3. The van der Waals surface area contributed by atoms with Gasteiger partial charge < -0.3 is 24.2 Å². The zero-order valence-electron chi connectivity index (χ0n) is 5.69. The van der Waals surface area contributed by atoms with Crippen molar-refractivity contribution in [2.75, 3.05) is 13.2 Å². The molecule has 0 bridgehead atoms. The molecule has 6 heteroatoms. The van der Waals surface area contributed by atoms with E-state index < -0.39 is 21.5 Å². The van der Waals surface area contributed by atoms with Crippen LogP contribution in [0.2, 0.25) is 6.55 Å². The van der Waals surface area contributed by atoms with Gasteiger partial charge in [-0.15, -0.1) is 0 Å². The third kappa shape index (κ3) is 6.14. The summed E-state index contributed by atoms with van der Waals surface area (Å²) in [5.74, 6) is 0.